The topological polar surface area (TPSA) is 18.5 Å². The van der Waals surface area contributed by atoms with Crippen LogP contribution < -0.4 is 0 Å². The van der Waals surface area contributed by atoms with Crippen LogP contribution in [0.15, 0.2) is 36.0 Å². The molecule has 0 N–H and O–H groups in total. The summed E-state index contributed by atoms with van der Waals surface area (Å²) in [4.78, 5) is 0. The molecule has 1 aromatic carbocycles. The van der Waals surface area contributed by atoms with Crippen molar-refractivity contribution in [2.24, 2.45) is 0 Å². The van der Waals surface area contributed by atoms with Gasteiger partial charge < -0.3 is 9.31 Å². The summed E-state index contributed by atoms with van der Waals surface area (Å²) in [7, 11) is -1.13. The molecule has 0 amide bonds. The second-order valence-electron chi connectivity index (χ2n) is 6.82. The molecule has 108 valence electrons. The molecule has 0 atom stereocenters. The molecule has 4 heteroatoms. The third-order valence-corrected chi connectivity index (χ3v) is 5.15. The first-order valence-electron chi connectivity index (χ1n) is 7.36. The molecule has 20 heavy (non-hydrogen) atoms. The summed E-state index contributed by atoms with van der Waals surface area (Å²) in [5.41, 5.74) is 4.18. The predicted molar refractivity (Wildman–Crippen MR) is 89.4 cm³/mol. The molecule has 0 aliphatic carbocycles. The molecule has 1 fully saturated rings. The third-order valence-electron chi connectivity index (χ3n) is 4.13. The summed E-state index contributed by atoms with van der Waals surface area (Å²) >= 11 is 0. The summed E-state index contributed by atoms with van der Waals surface area (Å²) < 4.78 is 12.4. The van der Waals surface area contributed by atoms with Crippen molar-refractivity contribution in [3.8, 4) is 0 Å². The standard InChI is InChI=1S/C16H25BO2Si/c1-15(2)16(3,4)19-17(18-15)14(12-20(5)6)13-10-8-7-9-11-13/h7-12,20H,1-6H3. The van der Waals surface area contributed by atoms with Crippen molar-refractivity contribution in [2.45, 2.75) is 52.0 Å². The fourth-order valence-electron chi connectivity index (χ4n) is 2.27. The monoisotopic (exact) mass is 288 g/mol. The maximum absolute atomic E-state index is 6.21. The van der Waals surface area contributed by atoms with Crippen molar-refractivity contribution in [1.82, 2.24) is 0 Å². The predicted octanol–water partition coefficient (Wildman–Crippen LogP) is 3.73. The van der Waals surface area contributed by atoms with Gasteiger partial charge in [-0.25, -0.2) is 0 Å². The Morgan fingerprint density at radius 2 is 1.50 bits per heavy atom. The van der Waals surface area contributed by atoms with Gasteiger partial charge in [0.2, 0.25) is 0 Å². The van der Waals surface area contributed by atoms with Crippen LogP contribution in [0.5, 0.6) is 0 Å². The molecule has 0 aromatic heterocycles. The van der Waals surface area contributed by atoms with E-state index in [2.05, 4.69) is 70.8 Å². The lowest BCUT2D eigenvalue weighted by Crippen LogP contribution is -2.41. The molecule has 0 spiro atoms. The van der Waals surface area contributed by atoms with Gasteiger partial charge in [-0.15, -0.1) is 0 Å². The van der Waals surface area contributed by atoms with Crippen LogP contribution in [0, 0.1) is 0 Å². The fourth-order valence-corrected chi connectivity index (χ4v) is 3.34. The summed E-state index contributed by atoms with van der Waals surface area (Å²) in [5.74, 6) is 0. The smallest absolute Gasteiger partial charge is 0.399 e. The molecule has 2 rings (SSSR count). The Bertz CT molecular complexity index is 478. The van der Waals surface area contributed by atoms with Gasteiger partial charge in [-0.1, -0.05) is 49.1 Å². The van der Waals surface area contributed by atoms with E-state index < -0.39 is 8.80 Å². The molecule has 0 bridgehead atoms. The van der Waals surface area contributed by atoms with Crippen LogP contribution in [0.2, 0.25) is 13.1 Å². The summed E-state index contributed by atoms with van der Waals surface area (Å²) in [6.45, 7) is 13.0. The van der Waals surface area contributed by atoms with E-state index in [1.165, 1.54) is 11.0 Å². The number of hydrogen-bond donors (Lipinski definition) is 0. The summed E-state index contributed by atoms with van der Waals surface area (Å²) in [6.07, 6.45) is 0. The Kier molecular flexibility index (Phi) is 4.28. The normalized spacial score (nSPS) is 21.6. The van der Waals surface area contributed by atoms with Crippen LogP contribution in [0.25, 0.3) is 5.47 Å². The SMILES string of the molecule is C[SiH](C)C=C(B1OC(C)(C)C(C)(C)O1)c1ccccc1. The van der Waals surface area contributed by atoms with Crippen LogP contribution in [-0.4, -0.2) is 27.1 Å². The lowest BCUT2D eigenvalue weighted by molar-refractivity contribution is 0.00578. The summed E-state index contributed by atoms with van der Waals surface area (Å²) in [5, 5.41) is 0. The second-order valence-corrected chi connectivity index (χ2v) is 9.64. The van der Waals surface area contributed by atoms with E-state index in [0.717, 1.165) is 0 Å². The molecule has 0 radical (unpaired) electrons. The molecule has 2 nitrogen and oxygen atoms in total. The molecule has 0 saturated carbocycles. The van der Waals surface area contributed by atoms with E-state index in [1.807, 2.05) is 6.07 Å². The Labute approximate surface area is 124 Å². The van der Waals surface area contributed by atoms with Gasteiger partial charge in [-0.3, -0.25) is 0 Å². The van der Waals surface area contributed by atoms with Gasteiger partial charge in [0, 0.05) is 0 Å². The van der Waals surface area contributed by atoms with Crippen LogP contribution in [0.4, 0.5) is 0 Å². The van der Waals surface area contributed by atoms with Gasteiger partial charge in [-0.05, 0) is 38.7 Å². The zero-order chi connectivity index (χ0) is 15.0. The lowest BCUT2D eigenvalue weighted by Gasteiger charge is -2.32. The number of hydrogen-bond acceptors (Lipinski definition) is 2. The number of rotatable bonds is 3. The maximum atomic E-state index is 6.21. The second kappa shape index (κ2) is 5.51. The average Bonchev–Trinajstić information content (AvgIpc) is 2.56. The van der Waals surface area contributed by atoms with Gasteiger partial charge in [0.1, 0.15) is 0 Å². The number of benzene rings is 1. The molecular weight excluding hydrogens is 263 g/mol. The van der Waals surface area contributed by atoms with Gasteiger partial charge in [0.15, 0.2) is 0 Å². The summed E-state index contributed by atoms with van der Waals surface area (Å²) in [6, 6.07) is 10.4. The van der Waals surface area contributed by atoms with Crippen LogP contribution >= 0.6 is 0 Å². The van der Waals surface area contributed by atoms with E-state index in [1.54, 1.807) is 0 Å². The highest BCUT2D eigenvalue weighted by atomic mass is 28.3. The van der Waals surface area contributed by atoms with E-state index in [4.69, 9.17) is 9.31 Å². The molecule has 1 aromatic rings. The third kappa shape index (κ3) is 3.08. The van der Waals surface area contributed by atoms with Gasteiger partial charge in [-0.2, -0.15) is 0 Å². The largest absolute Gasteiger partial charge is 0.494 e. The molecular formula is C16H25BO2Si. The minimum Gasteiger partial charge on any atom is -0.399 e. The van der Waals surface area contributed by atoms with Crippen molar-refractivity contribution >= 4 is 21.4 Å². The molecule has 1 heterocycles. The van der Waals surface area contributed by atoms with Crippen LogP contribution in [0.1, 0.15) is 33.3 Å². The van der Waals surface area contributed by atoms with Gasteiger partial charge in [0.25, 0.3) is 0 Å². The minimum absolute atomic E-state index is 0.266. The average molecular weight is 288 g/mol. The van der Waals surface area contributed by atoms with Crippen molar-refractivity contribution < 1.29 is 9.31 Å². The molecule has 0 unspecified atom stereocenters. The van der Waals surface area contributed by atoms with Gasteiger partial charge >= 0.3 is 7.12 Å². The maximum Gasteiger partial charge on any atom is 0.494 e. The van der Waals surface area contributed by atoms with Crippen LogP contribution in [0.3, 0.4) is 0 Å². The lowest BCUT2D eigenvalue weighted by atomic mass is 9.75. The first-order valence-corrected chi connectivity index (χ1v) is 10.3. The zero-order valence-electron chi connectivity index (χ0n) is 13.4. The Morgan fingerprint density at radius 1 is 1.00 bits per heavy atom. The van der Waals surface area contributed by atoms with E-state index in [0.29, 0.717) is 0 Å². The van der Waals surface area contributed by atoms with Crippen molar-refractivity contribution in [2.75, 3.05) is 0 Å². The highest BCUT2D eigenvalue weighted by Gasteiger charge is 2.52. The molecule has 1 saturated heterocycles. The Hall–Kier alpha value is -0.838. The minimum atomic E-state index is -0.862. The van der Waals surface area contributed by atoms with Crippen molar-refractivity contribution in [1.29, 1.82) is 0 Å². The van der Waals surface area contributed by atoms with E-state index in [9.17, 15) is 0 Å². The Morgan fingerprint density at radius 3 is 1.95 bits per heavy atom. The molecule has 1 aliphatic heterocycles. The fraction of sp³-hybridized carbons (Fsp3) is 0.500. The van der Waals surface area contributed by atoms with Crippen LogP contribution in [-0.2, 0) is 9.31 Å². The zero-order valence-corrected chi connectivity index (χ0v) is 14.6. The van der Waals surface area contributed by atoms with Crippen molar-refractivity contribution in [3.63, 3.8) is 0 Å². The highest BCUT2D eigenvalue weighted by molar-refractivity contribution is 6.74. The van der Waals surface area contributed by atoms with Crippen molar-refractivity contribution in [3.05, 3.63) is 41.6 Å². The first-order chi connectivity index (χ1) is 9.23. The van der Waals surface area contributed by atoms with Gasteiger partial charge in [0.05, 0.1) is 20.0 Å². The molecule has 1 aliphatic rings. The highest BCUT2D eigenvalue weighted by Crippen LogP contribution is 2.40. The van der Waals surface area contributed by atoms with E-state index in [-0.39, 0.29) is 18.3 Å². The van der Waals surface area contributed by atoms with E-state index >= 15 is 0 Å². The quantitative estimate of drug-likeness (QED) is 0.789. The Balaban J connectivity index is 2.36. The first kappa shape index (κ1) is 15.5.